The predicted octanol–water partition coefficient (Wildman–Crippen LogP) is 0.893. The normalized spacial score (nSPS) is 14.8. The van der Waals surface area contributed by atoms with Crippen LogP contribution >= 0.6 is 0 Å². The number of alkyl halides is 3. The Hall–Kier alpha value is -1.57. The van der Waals surface area contributed by atoms with Gasteiger partial charge in [0, 0.05) is 5.90 Å². The Bertz CT molecular complexity index is 432. The van der Waals surface area contributed by atoms with Crippen LogP contribution in [0.4, 0.5) is 13.2 Å². The van der Waals surface area contributed by atoms with Crippen molar-refractivity contribution in [1.29, 1.82) is 0 Å². The van der Waals surface area contributed by atoms with Gasteiger partial charge in [-0.3, -0.25) is 0 Å². The molecule has 0 aromatic carbocycles. The maximum absolute atomic E-state index is 11.8. The van der Waals surface area contributed by atoms with Crippen LogP contribution in [0.1, 0.15) is 0 Å². The van der Waals surface area contributed by atoms with Crippen molar-refractivity contribution in [2.45, 2.75) is 5.51 Å². The van der Waals surface area contributed by atoms with E-state index >= 15 is 0 Å². The number of nitrogens with zero attached hydrogens (tertiary/aromatic N) is 1. The molecular weight excluding hydrogens is 247 g/mol. The fraction of sp³-hybridized carbons (Fsp3) is 0.125. The van der Waals surface area contributed by atoms with Crippen LogP contribution in [0, 0.1) is 0 Å². The van der Waals surface area contributed by atoms with Gasteiger partial charge in [0.2, 0.25) is 0 Å². The minimum atomic E-state index is -5.76. The summed E-state index contributed by atoms with van der Waals surface area (Å²) in [6.07, 6.45) is 5.66. The number of halogens is 3. The minimum Gasteiger partial charge on any atom is -0.858 e. The average molecular weight is 254 g/mol. The SMILES string of the molecule is C=C/C=C/C=C/C([O-])=N/S(=O)(=O)C(F)(F)F. The molecule has 0 unspecified atom stereocenters. The highest BCUT2D eigenvalue weighted by Crippen LogP contribution is 2.24. The number of hydrogen-bond acceptors (Lipinski definition) is 3. The molecule has 0 saturated heterocycles. The highest BCUT2D eigenvalue weighted by Gasteiger charge is 2.45. The first-order valence-electron chi connectivity index (χ1n) is 3.74. The van der Waals surface area contributed by atoms with E-state index in [1.54, 1.807) is 0 Å². The van der Waals surface area contributed by atoms with Crippen LogP contribution in [-0.4, -0.2) is 19.8 Å². The lowest BCUT2D eigenvalue weighted by Gasteiger charge is -2.07. The quantitative estimate of drug-likeness (QED) is 0.425. The van der Waals surface area contributed by atoms with Crippen LogP contribution < -0.4 is 5.11 Å². The van der Waals surface area contributed by atoms with E-state index in [0.29, 0.717) is 6.08 Å². The molecule has 0 spiro atoms. The van der Waals surface area contributed by atoms with Crippen molar-refractivity contribution < 1.29 is 26.7 Å². The molecule has 0 rings (SSSR count). The summed E-state index contributed by atoms with van der Waals surface area (Å²) < 4.78 is 58.0. The summed E-state index contributed by atoms with van der Waals surface area (Å²) >= 11 is 0. The molecule has 0 radical (unpaired) electrons. The molecule has 0 amide bonds. The van der Waals surface area contributed by atoms with Crippen LogP contribution in [-0.2, 0) is 10.0 Å². The monoisotopic (exact) mass is 254 g/mol. The molecule has 0 bridgehead atoms. The number of sulfonamides is 1. The highest BCUT2D eigenvalue weighted by atomic mass is 32.2. The van der Waals surface area contributed by atoms with E-state index in [9.17, 15) is 26.7 Å². The predicted molar refractivity (Wildman–Crippen MR) is 50.9 cm³/mol. The maximum atomic E-state index is 11.8. The van der Waals surface area contributed by atoms with Crippen molar-refractivity contribution in [2.75, 3.05) is 0 Å². The van der Waals surface area contributed by atoms with Crippen molar-refractivity contribution >= 4 is 15.9 Å². The summed E-state index contributed by atoms with van der Waals surface area (Å²) in [6, 6.07) is 0. The Kier molecular flexibility index (Phi) is 4.96. The second-order valence-electron chi connectivity index (χ2n) is 2.33. The topological polar surface area (TPSA) is 69.6 Å². The first kappa shape index (κ1) is 14.4. The summed E-state index contributed by atoms with van der Waals surface area (Å²) in [5, 5.41) is 10.7. The Morgan fingerprint density at radius 2 is 1.81 bits per heavy atom. The molecule has 0 aliphatic heterocycles. The molecular formula is C8H7F3NO3S-. The third kappa shape index (κ3) is 4.78. The van der Waals surface area contributed by atoms with Crippen LogP contribution in [0.3, 0.4) is 0 Å². The first-order chi connectivity index (χ1) is 7.20. The zero-order chi connectivity index (χ0) is 12.8. The molecule has 16 heavy (non-hydrogen) atoms. The van der Waals surface area contributed by atoms with E-state index in [2.05, 4.69) is 6.58 Å². The van der Waals surface area contributed by atoms with E-state index in [-0.39, 0.29) is 0 Å². The lowest BCUT2D eigenvalue weighted by molar-refractivity contribution is -0.211. The number of rotatable bonds is 4. The zero-order valence-electron chi connectivity index (χ0n) is 7.81. The highest BCUT2D eigenvalue weighted by molar-refractivity contribution is 7.91. The number of hydrogen-bond donors (Lipinski definition) is 0. The van der Waals surface area contributed by atoms with Gasteiger partial charge in [-0.2, -0.15) is 26.0 Å². The van der Waals surface area contributed by atoms with Crippen molar-refractivity contribution in [1.82, 2.24) is 0 Å². The molecule has 0 atom stereocenters. The van der Waals surface area contributed by atoms with Crippen LogP contribution in [0.5, 0.6) is 0 Å². The van der Waals surface area contributed by atoms with Gasteiger partial charge >= 0.3 is 15.5 Å². The molecule has 90 valence electrons. The van der Waals surface area contributed by atoms with Crippen molar-refractivity contribution in [3.8, 4) is 0 Å². The minimum absolute atomic E-state index is 0.587. The van der Waals surface area contributed by atoms with Crippen LogP contribution in [0.2, 0.25) is 0 Å². The molecule has 8 heteroatoms. The summed E-state index contributed by atoms with van der Waals surface area (Å²) in [6.45, 7) is 3.30. The Morgan fingerprint density at radius 3 is 2.25 bits per heavy atom. The molecule has 0 aromatic heterocycles. The lowest BCUT2D eigenvalue weighted by Crippen LogP contribution is -2.25. The van der Waals surface area contributed by atoms with Gasteiger partial charge < -0.3 is 5.11 Å². The van der Waals surface area contributed by atoms with Crippen molar-refractivity contribution in [3.05, 3.63) is 37.0 Å². The molecule has 0 N–H and O–H groups in total. The third-order valence-corrected chi connectivity index (χ3v) is 2.11. The van der Waals surface area contributed by atoms with Gasteiger partial charge in [-0.15, -0.1) is 0 Å². The lowest BCUT2D eigenvalue weighted by atomic mass is 10.4. The maximum Gasteiger partial charge on any atom is 0.518 e. The fourth-order valence-electron chi connectivity index (χ4n) is 0.481. The van der Waals surface area contributed by atoms with Gasteiger partial charge in [0.1, 0.15) is 0 Å². The Labute approximate surface area is 90.2 Å². The van der Waals surface area contributed by atoms with E-state index in [1.807, 2.05) is 4.40 Å². The van der Waals surface area contributed by atoms with Gasteiger partial charge in [0.15, 0.2) is 0 Å². The van der Waals surface area contributed by atoms with Crippen LogP contribution in [0.25, 0.3) is 0 Å². The average Bonchev–Trinajstić information content (AvgIpc) is 2.10. The smallest absolute Gasteiger partial charge is 0.518 e. The Balaban J connectivity index is 4.87. The van der Waals surface area contributed by atoms with Gasteiger partial charge in [-0.05, 0) is 0 Å². The molecule has 0 fully saturated rings. The largest absolute Gasteiger partial charge is 0.858 e. The summed E-state index contributed by atoms with van der Waals surface area (Å²) in [4.78, 5) is 0. The molecule has 0 heterocycles. The molecule has 0 aliphatic rings. The summed E-state index contributed by atoms with van der Waals surface area (Å²) in [5.41, 5.74) is -5.56. The summed E-state index contributed by atoms with van der Waals surface area (Å²) in [7, 11) is -5.76. The standard InChI is InChI=1S/C8H8F3NO3S/c1-2-3-4-5-6-7(13)12-16(14,15)8(9,10)11/h2-6H,1H2,(H,12,13)/p-1/b4-3+,6-5+. The van der Waals surface area contributed by atoms with Gasteiger partial charge in [-0.25, -0.2) is 0 Å². The van der Waals surface area contributed by atoms with Crippen LogP contribution in [0.15, 0.2) is 41.4 Å². The number of allylic oxidation sites excluding steroid dienone is 4. The second kappa shape index (κ2) is 5.50. The van der Waals surface area contributed by atoms with Crippen molar-refractivity contribution in [2.24, 2.45) is 4.40 Å². The third-order valence-electron chi connectivity index (χ3n) is 1.10. The zero-order valence-corrected chi connectivity index (χ0v) is 8.62. The van der Waals surface area contributed by atoms with Gasteiger partial charge in [-0.1, -0.05) is 37.0 Å². The molecule has 4 nitrogen and oxygen atoms in total. The van der Waals surface area contributed by atoms with E-state index in [0.717, 1.165) is 6.08 Å². The first-order valence-corrected chi connectivity index (χ1v) is 5.19. The molecule has 0 aromatic rings. The van der Waals surface area contributed by atoms with Crippen molar-refractivity contribution in [3.63, 3.8) is 0 Å². The second-order valence-corrected chi connectivity index (χ2v) is 3.93. The molecule has 0 saturated carbocycles. The summed E-state index contributed by atoms with van der Waals surface area (Å²) in [5.74, 6) is -1.51. The van der Waals surface area contributed by atoms with E-state index in [4.69, 9.17) is 0 Å². The fourth-order valence-corrected chi connectivity index (χ4v) is 0.882. The molecule has 0 aliphatic carbocycles. The van der Waals surface area contributed by atoms with E-state index < -0.39 is 21.4 Å². The van der Waals surface area contributed by atoms with Gasteiger partial charge in [0.25, 0.3) is 0 Å². The van der Waals surface area contributed by atoms with E-state index in [1.165, 1.54) is 18.2 Å². The Morgan fingerprint density at radius 1 is 1.25 bits per heavy atom. The van der Waals surface area contributed by atoms with Gasteiger partial charge in [0.05, 0.1) is 0 Å².